The lowest BCUT2D eigenvalue weighted by molar-refractivity contribution is 0.306. The van der Waals surface area contributed by atoms with Crippen LogP contribution >= 0.6 is 11.3 Å². The minimum absolute atomic E-state index is 0.529. The molecule has 4 aromatic rings. The Morgan fingerprint density at radius 3 is 2.38 bits per heavy atom. The van der Waals surface area contributed by atoms with E-state index >= 15 is 0 Å². The maximum atomic E-state index is 5.82. The van der Waals surface area contributed by atoms with E-state index in [9.17, 15) is 0 Å². The standard InChI is InChI=1S/C20H16N2OS/c21-16-9-5-14(6-10-16)13-23-17-11-7-15(8-12-17)20-22-18-3-1-2-4-19(18)24-20/h1-12H,13,21H2. The van der Waals surface area contributed by atoms with Crippen LogP contribution in [0.1, 0.15) is 5.56 Å². The van der Waals surface area contributed by atoms with Crippen molar-refractivity contribution < 1.29 is 4.74 Å². The molecule has 0 bridgehead atoms. The van der Waals surface area contributed by atoms with Gasteiger partial charge in [0.25, 0.3) is 0 Å². The van der Waals surface area contributed by atoms with Gasteiger partial charge in [-0.15, -0.1) is 11.3 Å². The number of ether oxygens (including phenoxy) is 1. The summed E-state index contributed by atoms with van der Waals surface area (Å²) in [7, 11) is 0. The van der Waals surface area contributed by atoms with Gasteiger partial charge in [-0.1, -0.05) is 24.3 Å². The predicted octanol–water partition coefficient (Wildman–Crippen LogP) is 5.12. The average molecular weight is 332 g/mol. The van der Waals surface area contributed by atoms with Crippen LogP contribution in [0.4, 0.5) is 5.69 Å². The molecule has 1 aromatic heterocycles. The van der Waals surface area contributed by atoms with Crippen molar-refractivity contribution in [3.8, 4) is 16.3 Å². The van der Waals surface area contributed by atoms with Crippen LogP contribution in [0.15, 0.2) is 72.8 Å². The molecule has 0 spiro atoms. The first-order valence-electron chi connectivity index (χ1n) is 7.71. The van der Waals surface area contributed by atoms with Gasteiger partial charge in [0.1, 0.15) is 17.4 Å². The highest BCUT2D eigenvalue weighted by Crippen LogP contribution is 2.30. The van der Waals surface area contributed by atoms with Crippen LogP contribution in [0.2, 0.25) is 0 Å². The van der Waals surface area contributed by atoms with Crippen molar-refractivity contribution in [1.82, 2.24) is 4.98 Å². The van der Waals surface area contributed by atoms with Gasteiger partial charge in [-0.25, -0.2) is 4.98 Å². The first-order chi connectivity index (χ1) is 11.8. The van der Waals surface area contributed by atoms with Crippen LogP contribution in [0, 0.1) is 0 Å². The molecular formula is C20H16N2OS. The van der Waals surface area contributed by atoms with E-state index in [1.807, 2.05) is 54.6 Å². The summed E-state index contributed by atoms with van der Waals surface area (Å²) in [5, 5.41) is 1.03. The Morgan fingerprint density at radius 2 is 1.62 bits per heavy atom. The van der Waals surface area contributed by atoms with E-state index in [1.54, 1.807) is 11.3 Å². The van der Waals surface area contributed by atoms with E-state index in [1.165, 1.54) is 4.70 Å². The van der Waals surface area contributed by atoms with Crippen LogP contribution < -0.4 is 10.5 Å². The van der Waals surface area contributed by atoms with Crippen LogP contribution in [-0.2, 0) is 6.61 Å². The summed E-state index contributed by atoms with van der Waals surface area (Å²) in [6.45, 7) is 0.529. The molecule has 0 saturated heterocycles. The van der Waals surface area contributed by atoms with E-state index in [0.717, 1.165) is 33.1 Å². The van der Waals surface area contributed by atoms with Crippen molar-refractivity contribution in [3.63, 3.8) is 0 Å². The van der Waals surface area contributed by atoms with Gasteiger partial charge in [0.15, 0.2) is 0 Å². The van der Waals surface area contributed by atoms with Gasteiger partial charge < -0.3 is 10.5 Å². The third kappa shape index (κ3) is 3.09. The normalized spacial score (nSPS) is 10.8. The average Bonchev–Trinajstić information content (AvgIpc) is 3.06. The second kappa shape index (κ2) is 6.34. The van der Waals surface area contributed by atoms with E-state index in [-0.39, 0.29) is 0 Å². The van der Waals surface area contributed by atoms with Crippen molar-refractivity contribution in [1.29, 1.82) is 0 Å². The Labute approximate surface area is 144 Å². The summed E-state index contributed by atoms with van der Waals surface area (Å²) in [5.41, 5.74) is 9.70. The van der Waals surface area contributed by atoms with Crippen molar-refractivity contribution in [3.05, 3.63) is 78.4 Å². The first-order valence-corrected chi connectivity index (χ1v) is 8.53. The predicted molar refractivity (Wildman–Crippen MR) is 100 cm³/mol. The van der Waals surface area contributed by atoms with Gasteiger partial charge in [-0.05, 0) is 54.1 Å². The van der Waals surface area contributed by atoms with Crippen LogP contribution in [0.25, 0.3) is 20.8 Å². The minimum Gasteiger partial charge on any atom is -0.489 e. The first kappa shape index (κ1) is 14.7. The Bertz CT molecular complexity index is 926. The number of para-hydroxylation sites is 1. The molecule has 118 valence electrons. The fourth-order valence-corrected chi connectivity index (χ4v) is 3.44. The zero-order valence-corrected chi connectivity index (χ0v) is 13.8. The summed E-state index contributed by atoms with van der Waals surface area (Å²) in [5.74, 6) is 0.844. The van der Waals surface area contributed by atoms with E-state index < -0.39 is 0 Å². The fourth-order valence-electron chi connectivity index (χ4n) is 2.47. The van der Waals surface area contributed by atoms with Crippen molar-refractivity contribution in [2.45, 2.75) is 6.61 Å². The SMILES string of the molecule is Nc1ccc(COc2ccc(-c3nc4ccccc4s3)cc2)cc1. The van der Waals surface area contributed by atoms with Gasteiger partial charge in [-0.2, -0.15) is 0 Å². The van der Waals surface area contributed by atoms with Crippen molar-refractivity contribution >= 4 is 27.2 Å². The van der Waals surface area contributed by atoms with Crippen LogP contribution in [0.5, 0.6) is 5.75 Å². The molecule has 0 atom stereocenters. The van der Waals surface area contributed by atoms with Crippen molar-refractivity contribution in [2.24, 2.45) is 0 Å². The Balaban J connectivity index is 1.48. The molecule has 0 unspecified atom stereocenters. The topological polar surface area (TPSA) is 48.1 Å². The largest absolute Gasteiger partial charge is 0.489 e. The Kier molecular flexibility index (Phi) is 3.89. The molecule has 24 heavy (non-hydrogen) atoms. The van der Waals surface area contributed by atoms with Gasteiger partial charge >= 0.3 is 0 Å². The van der Waals surface area contributed by atoms with Gasteiger partial charge in [0, 0.05) is 11.3 Å². The summed E-state index contributed by atoms with van der Waals surface area (Å²) in [6, 6.07) is 24.0. The number of aromatic nitrogens is 1. The molecule has 0 aliphatic carbocycles. The Morgan fingerprint density at radius 1 is 0.875 bits per heavy atom. The smallest absolute Gasteiger partial charge is 0.124 e. The molecule has 0 saturated carbocycles. The number of rotatable bonds is 4. The molecule has 0 amide bonds. The van der Waals surface area contributed by atoms with E-state index in [4.69, 9.17) is 10.5 Å². The number of nitrogen functional groups attached to an aromatic ring is 1. The zero-order chi connectivity index (χ0) is 16.4. The quantitative estimate of drug-likeness (QED) is 0.527. The number of nitrogens with two attached hydrogens (primary N) is 1. The number of fused-ring (bicyclic) bond motifs is 1. The molecule has 1 heterocycles. The van der Waals surface area contributed by atoms with E-state index in [2.05, 4.69) is 23.2 Å². The monoisotopic (exact) mass is 332 g/mol. The third-order valence-electron chi connectivity index (χ3n) is 3.78. The lowest BCUT2D eigenvalue weighted by atomic mass is 10.2. The highest BCUT2D eigenvalue weighted by atomic mass is 32.1. The number of hydrogen-bond donors (Lipinski definition) is 1. The summed E-state index contributed by atoms with van der Waals surface area (Å²) < 4.78 is 7.03. The van der Waals surface area contributed by atoms with Gasteiger partial charge in [-0.3, -0.25) is 0 Å². The highest BCUT2D eigenvalue weighted by molar-refractivity contribution is 7.21. The summed E-state index contributed by atoms with van der Waals surface area (Å²) in [4.78, 5) is 4.68. The lowest BCUT2D eigenvalue weighted by Crippen LogP contribution is -1.95. The van der Waals surface area contributed by atoms with Gasteiger partial charge in [0.05, 0.1) is 10.2 Å². The zero-order valence-electron chi connectivity index (χ0n) is 13.0. The molecule has 3 aromatic carbocycles. The maximum absolute atomic E-state index is 5.82. The summed E-state index contributed by atoms with van der Waals surface area (Å²) in [6.07, 6.45) is 0. The summed E-state index contributed by atoms with van der Waals surface area (Å²) >= 11 is 1.70. The number of nitrogens with zero attached hydrogens (tertiary/aromatic N) is 1. The van der Waals surface area contributed by atoms with Gasteiger partial charge in [0.2, 0.25) is 0 Å². The molecule has 0 fully saturated rings. The molecule has 0 aliphatic rings. The Hall–Kier alpha value is -2.85. The third-order valence-corrected chi connectivity index (χ3v) is 4.87. The fraction of sp³-hybridized carbons (Fsp3) is 0.0500. The molecule has 0 radical (unpaired) electrons. The minimum atomic E-state index is 0.529. The molecule has 0 aliphatic heterocycles. The lowest BCUT2D eigenvalue weighted by Gasteiger charge is -2.07. The number of benzene rings is 3. The van der Waals surface area contributed by atoms with E-state index in [0.29, 0.717) is 6.61 Å². The second-order valence-corrected chi connectivity index (χ2v) is 6.57. The number of anilines is 1. The molecule has 3 nitrogen and oxygen atoms in total. The van der Waals surface area contributed by atoms with Crippen LogP contribution in [0.3, 0.4) is 0 Å². The second-order valence-electron chi connectivity index (χ2n) is 5.54. The molecule has 2 N–H and O–H groups in total. The molecular weight excluding hydrogens is 316 g/mol. The number of hydrogen-bond acceptors (Lipinski definition) is 4. The van der Waals surface area contributed by atoms with Crippen LogP contribution in [-0.4, -0.2) is 4.98 Å². The maximum Gasteiger partial charge on any atom is 0.124 e. The highest BCUT2D eigenvalue weighted by Gasteiger charge is 2.06. The number of thiazole rings is 1. The molecule has 4 rings (SSSR count). The van der Waals surface area contributed by atoms with Crippen molar-refractivity contribution in [2.75, 3.05) is 5.73 Å². The molecule has 4 heteroatoms.